The molecule has 0 unspecified atom stereocenters. The van der Waals surface area contributed by atoms with E-state index < -0.39 is 23.0 Å². The van der Waals surface area contributed by atoms with Crippen molar-refractivity contribution >= 4 is 34.4 Å². The molecule has 0 atom stereocenters. The van der Waals surface area contributed by atoms with Gasteiger partial charge in [-0.3, -0.25) is 9.59 Å². The number of carbonyl (C=O) groups excluding carboxylic acids is 1. The van der Waals surface area contributed by atoms with Gasteiger partial charge in [-0.2, -0.15) is 0 Å². The highest BCUT2D eigenvalue weighted by Crippen LogP contribution is 2.27. The molecule has 0 spiro atoms. The summed E-state index contributed by atoms with van der Waals surface area (Å²) in [6, 6.07) is 6.76. The normalized spacial score (nSPS) is 16.6. The van der Waals surface area contributed by atoms with Crippen molar-refractivity contribution in [3.8, 4) is 0 Å². The highest BCUT2D eigenvalue weighted by Gasteiger charge is 2.40. The molecule has 2 N–H and O–H groups in total. The van der Waals surface area contributed by atoms with Crippen LogP contribution in [0, 0.1) is 0 Å². The molecule has 1 aromatic heterocycles. The Morgan fingerprint density at radius 2 is 1.80 bits per heavy atom. The summed E-state index contributed by atoms with van der Waals surface area (Å²) in [6.07, 6.45) is 6.89. The van der Waals surface area contributed by atoms with E-state index in [0.29, 0.717) is 29.9 Å². The first kappa shape index (κ1) is 22.3. The molecule has 0 radical (unpaired) electrons. The number of pyridine rings is 1. The minimum absolute atomic E-state index is 0.0244. The SMILES string of the molecule is CCCCn1c(=O)c(C(=O)NC2(C(=O)O)CCCCCCC2)cc2ccc(Cl)cc21. The maximum atomic E-state index is 13.2. The van der Waals surface area contributed by atoms with Gasteiger partial charge in [-0.05, 0) is 42.8 Å². The van der Waals surface area contributed by atoms with E-state index in [9.17, 15) is 19.5 Å². The zero-order chi connectivity index (χ0) is 21.7. The third-order valence-corrected chi connectivity index (χ3v) is 6.24. The van der Waals surface area contributed by atoms with Crippen molar-refractivity contribution in [3.05, 3.63) is 45.2 Å². The zero-order valence-electron chi connectivity index (χ0n) is 17.4. The highest BCUT2D eigenvalue weighted by atomic mass is 35.5. The van der Waals surface area contributed by atoms with Crippen LogP contribution in [0.3, 0.4) is 0 Å². The Morgan fingerprint density at radius 3 is 2.43 bits per heavy atom. The maximum absolute atomic E-state index is 13.2. The number of carbonyl (C=O) groups is 2. The Morgan fingerprint density at radius 1 is 1.13 bits per heavy atom. The summed E-state index contributed by atoms with van der Waals surface area (Å²) in [5.74, 6) is -1.65. The van der Waals surface area contributed by atoms with Crippen LogP contribution in [-0.2, 0) is 11.3 Å². The summed E-state index contributed by atoms with van der Waals surface area (Å²) >= 11 is 6.13. The second-order valence-electron chi connectivity index (χ2n) is 8.18. The molecular weight excluding hydrogens is 404 g/mol. The molecule has 1 aliphatic rings. The monoisotopic (exact) mass is 432 g/mol. The molecule has 1 amide bonds. The van der Waals surface area contributed by atoms with E-state index in [0.717, 1.165) is 50.3 Å². The van der Waals surface area contributed by atoms with E-state index in [1.54, 1.807) is 28.8 Å². The average Bonchev–Trinajstić information content (AvgIpc) is 2.69. The van der Waals surface area contributed by atoms with Gasteiger partial charge in [-0.25, -0.2) is 4.79 Å². The van der Waals surface area contributed by atoms with Crippen molar-refractivity contribution in [1.29, 1.82) is 0 Å². The van der Waals surface area contributed by atoms with Crippen molar-refractivity contribution in [2.24, 2.45) is 0 Å². The highest BCUT2D eigenvalue weighted by molar-refractivity contribution is 6.31. The van der Waals surface area contributed by atoms with Gasteiger partial charge in [-0.1, -0.05) is 63.1 Å². The van der Waals surface area contributed by atoms with E-state index in [-0.39, 0.29) is 5.56 Å². The Hall–Kier alpha value is -2.34. The minimum atomic E-state index is -1.33. The lowest BCUT2D eigenvalue weighted by Crippen LogP contribution is -2.55. The first-order chi connectivity index (χ1) is 14.4. The lowest BCUT2D eigenvalue weighted by atomic mass is 9.83. The predicted octanol–water partition coefficient (Wildman–Crippen LogP) is 4.75. The largest absolute Gasteiger partial charge is 0.480 e. The number of aromatic nitrogens is 1. The summed E-state index contributed by atoms with van der Waals surface area (Å²) in [5.41, 5.74) is -1.09. The standard InChI is InChI=1S/C23H29ClN2O4/c1-2-3-13-26-19-15-17(24)10-9-16(19)14-18(21(26)28)20(27)25-23(22(29)30)11-7-5-4-6-8-12-23/h9-10,14-15H,2-8,11-13H2,1H3,(H,25,27)(H,29,30). The molecule has 1 aromatic carbocycles. The number of rotatable bonds is 6. The number of hydrogen-bond donors (Lipinski definition) is 2. The Labute approximate surface area is 181 Å². The molecule has 7 heteroatoms. The van der Waals surface area contributed by atoms with E-state index in [1.807, 2.05) is 6.92 Å². The number of aryl methyl sites for hydroxylation is 1. The van der Waals surface area contributed by atoms with Crippen LogP contribution in [0.15, 0.2) is 29.1 Å². The molecule has 0 saturated heterocycles. The average molecular weight is 433 g/mol. The fraction of sp³-hybridized carbons (Fsp3) is 0.522. The number of benzene rings is 1. The molecule has 1 saturated carbocycles. The quantitative estimate of drug-likeness (QED) is 0.689. The van der Waals surface area contributed by atoms with Gasteiger partial charge >= 0.3 is 5.97 Å². The lowest BCUT2D eigenvalue weighted by molar-refractivity contribution is -0.145. The van der Waals surface area contributed by atoms with Crippen LogP contribution in [0.5, 0.6) is 0 Å². The number of fused-ring (bicyclic) bond motifs is 1. The van der Waals surface area contributed by atoms with Crippen LogP contribution < -0.4 is 10.9 Å². The van der Waals surface area contributed by atoms with Gasteiger partial charge in [0.1, 0.15) is 11.1 Å². The van der Waals surface area contributed by atoms with Crippen molar-refractivity contribution < 1.29 is 14.7 Å². The number of carboxylic acids is 1. The summed E-state index contributed by atoms with van der Waals surface area (Å²) in [7, 11) is 0. The number of carboxylic acid groups (broad SMARTS) is 1. The second-order valence-corrected chi connectivity index (χ2v) is 8.62. The second kappa shape index (κ2) is 9.65. The number of unbranched alkanes of at least 4 members (excludes halogenated alkanes) is 1. The number of amides is 1. The van der Waals surface area contributed by atoms with Gasteiger partial charge in [0.05, 0.1) is 5.52 Å². The smallest absolute Gasteiger partial charge is 0.329 e. The van der Waals surface area contributed by atoms with Crippen LogP contribution in [0.25, 0.3) is 10.9 Å². The molecule has 1 heterocycles. The van der Waals surface area contributed by atoms with Gasteiger partial charge in [0.15, 0.2) is 0 Å². The molecule has 3 rings (SSSR count). The third kappa shape index (κ3) is 4.69. The van der Waals surface area contributed by atoms with E-state index in [2.05, 4.69) is 5.32 Å². The zero-order valence-corrected chi connectivity index (χ0v) is 18.1. The molecule has 1 aliphatic carbocycles. The first-order valence-corrected chi connectivity index (χ1v) is 11.1. The topological polar surface area (TPSA) is 88.4 Å². The van der Waals surface area contributed by atoms with Gasteiger partial charge < -0.3 is 15.0 Å². The first-order valence-electron chi connectivity index (χ1n) is 10.8. The van der Waals surface area contributed by atoms with Crippen molar-refractivity contribution in [2.75, 3.05) is 0 Å². The van der Waals surface area contributed by atoms with Crippen LogP contribution in [0.2, 0.25) is 5.02 Å². The summed E-state index contributed by atoms with van der Waals surface area (Å²) in [6.45, 7) is 2.50. The van der Waals surface area contributed by atoms with E-state index in [4.69, 9.17) is 11.6 Å². The molecular formula is C23H29ClN2O4. The maximum Gasteiger partial charge on any atom is 0.329 e. The Bertz CT molecular complexity index is 991. The number of nitrogens with zero attached hydrogens (tertiary/aromatic N) is 1. The van der Waals surface area contributed by atoms with E-state index >= 15 is 0 Å². The number of halogens is 1. The van der Waals surface area contributed by atoms with Crippen LogP contribution >= 0.6 is 11.6 Å². The van der Waals surface area contributed by atoms with Crippen molar-refractivity contribution in [3.63, 3.8) is 0 Å². The molecule has 0 aliphatic heterocycles. The molecule has 162 valence electrons. The molecule has 1 fully saturated rings. The number of nitrogens with one attached hydrogen (secondary N) is 1. The summed E-state index contributed by atoms with van der Waals surface area (Å²) < 4.78 is 1.57. The van der Waals surface area contributed by atoms with Crippen molar-refractivity contribution in [1.82, 2.24) is 9.88 Å². The summed E-state index contributed by atoms with van der Waals surface area (Å²) in [5, 5.41) is 13.9. The van der Waals surface area contributed by atoms with Gasteiger partial charge in [0.25, 0.3) is 11.5 Å². The molecule has 0 bridgehead atoms. The van der Waals surface area contributed by atoms with E-state index in [1.165, 1.54) is 0 Å². The number of hydrogen-bond acceptors (Lipinski definition) is 3. The minimum Gasteiger partial charge on any atom is -0.480 e. The molecule has 6 nitrogen and oxygen atoms in total. The Balaban J connectivity index is 2.03. The fourth-order valence-corrected chi connectivity index (χ4v) is 4.40. The predicted molar refractivity (Wildman–Crippen MR) is 118 cm³/mol. The van der Waals surface area contributed by atoms with Crippen molar-refractivity contribution in [2.45, 2.75) is 76.8 Å². The molecule has 30 heavy (non-hydrogen) atoms. The number of aliphatic carboxylic acids is 1. The van der Waals surface area contributed by atoms with Gasteiger partial charge in [0, 0.05) is 11.6 Å². The third-order valence-electron chi connectivity index (χ3n) is 6.01. The van der Waals surface area contributed by atoms with Crippen LogP contribution in [0.1, 0.15) is 75.1 Å². The summed E-state index contributed by atoms with van der Waals surface area (Å²) in [4.78, 5) is 38.5. The van der Waals surface area contributed by atoms with Gasteiger partial charge in [0.2, 0.25) is 0 Å². The fourth-order valence-electron chi connectivity index (χ4n) is 4.23. The van der Waals surface area contributed by atoms with Gasteiger partial charge in [-0.15, -0.1) is 0 Å². The van der Waals surface area contributed by atoms with Crippen LogP contribution in [-0.4, -0.2) is 27.1 Å². The van der Waals surface area contributed by atoms with Crippen LogP contribution in [0.4, 0.5) is 0 Å². The lowest BCUT2D eigenvalue weighted by Gasteiger charge is -2.32. The Kier molecular flexibility index (Phi) is 7.19. The molecule has 2 aromatic rings.